The van der Waals surface area contributed by atoms with Crippen molar-refractivity contribution in [2.75, 3.05) is 0 Å². The molecular weight excluding hydrogens is 335 g/mol. The van der Waals surface area contributed by atoms with Crippen molar-refractivity contribution < 1.29 is 0 Å². The summed E-state index contributed by atoms with van der Waals surface area (Å²) >= 11 is 12.2. The number of benzene rings is 1. The van der Waals surface area contributed by atoms with Gasteiger partial charge in [-0.2, -0.15) is 14.9 Å². The minimum Gasteiger partial charge on any atom is -0.202 e. The van der Waals surface area contributed by atoms with E-state index < -0.39 is 0 Å². The molecule has 0 atom stereocenters. The number of nitrogens with zero attached hydrogens (tertiary/aromatic N) is 6. The van der Waals surface area contributed by atoms with Crippen molar-refractivity contribution in [3.05, 3.63) is 57.1 Å². The van der Waals surface area contributed by atoms with E-state index in [-0.39, 0.29) is 0 Å². The number of aryl methyl sites for hydroxylation is 3. The number of hydrogen-bond donors (Lipinski definition) is 0. The van der Waals surface area contributed by atoms with Gasteiger partial charge in [0.15, 0.2) is 5.82 Å². The summed E-state index contributed by atoms with van der Waals surface area (Å²) in [5.74, 6) is 1.16. The first-order valence-electron chi connectivity index (χ1n) is 6.91. The standard InChI is InChI=1S/C15H14Cl2N6/c1-9-7-10(2)22(21-9)15-20-19-11(3)23(15)18-8-12-5-4-6-13(16)14(12)17/h4-8H,1-3H3/b18-8+. The van der Waals surface area contributed by atoms with Crippen LogP contribution in [0.25, 0.3) is 5.95 Å². The highest BCUT2D eigenvalue weighted by atomic mass is 35.5. The van der Waals surface area contributed by atoms with Gasteiger partial charge >= 0.3 is 0 Å². The van der Waals surface area contributed by atoms with E-state index in [1.807, 2.05) is 39.0 Å². The SMILES string of the molecule is Cc1cc(C)n(-c2nnc(C)n2/N=C/c2cccc(Cl)c2Cl)n1. The van der Waals surface area contributed by atoms with Gasteiger partial charge in [0.05, 0.1) is 22.0 Å². The van der Waals surface area contributed by atoms with E-state index in [1.165, 1.54) is 0 Å². The first-order valence-corrected chi connectivity index (χ1v) is 7.67. The maximum Gasteiger partial charge on any atom is 0.273 e. The van der Waals surface area contributed by atoms with Gasteiger partial charge in [0.1, 0.15) is 0 Å². The number of halogens is 2. The van der Waals surface area contributed by atoms with Gasteiger partial charge in [0, 0.05) is 11.3 Å². The van der Waals surface area contributed by atoms with Crippen molar-refractivity contribution in [2.45, 2.75) is 20.8 Å². The second kappa shape index (κ2) is 6.14. The molecule has 0 aliphatic rings. The summed E-state index contributed by atoms with van der Waals surface area (Å²) < 4.78 is 3.31. The van der Waals surface area contributed by atoms with E-state index in [0.717, 1.165) is 11.4 Å². The fourth-order valence-corrected chi connectivity index (χ4v) is 2.54. The second-order valence-electron chi connectivity index (χ2n) is 5.09. The molecule has 2 aromatic heterocycles. The third-order valence-electron chi connectivity index (χ3n) is 3.27. The lowest BCUT2D eigenvalue weighted by atomic mass is 10.2. The normalized spacial score (nSPS) is 11.5. The smallest absolute Gasteiger partial charge is 0.202 e. The number of hydrogen-bond acceptors (Lipinski definition) is 4. The molecule has 0 N–H and O–H groups in total. The van der Waals surface area contributed by atoms with E-state index >= 15 is 0 Å². The Kier molecular flexibility index (Phi) is 4.19. The molecule has 0 fully saturated rings. The van der Waals surface area contributed by atoms with Crippen LogP contribution in [0.3, 0.4) is 0 Å². The molecule has 3 rings (SSSR count). The summed E-state index contributed by atoms with van der Waals surface area (Å²) in [5, 5.41) is 18.0. The van der Waals surface area contributed by atoms with Crippen LogP contribution >= 0.6 is 23.2 Å². The van der Waals surface area contributed by atoms with Crippen LogP contribution in [0, 0.1) is 20.8 Å². The van der Waals surface area contributed by atoms with Crippen LogP contribution < -0.4 is 0 Å². The molecule has 1 aromatic carbocycles. The highest BCUT2D eigenvalue weighted by molar-refractivity contribution is 6.43. The van der Waals surface area contributed by atoms with Crippen LogP contribution in [0.4, 0.5) is 0 Å². The third-order valence-corrected chi connectivity index (χ3v) is 4.11. The Bertz CT molecular complexity index is 894. The number of rotatable bonds is 3. The fourth-order valence-electron chi connectivity index (χ4n) is 2.19. The zero-order chi connectivity index (χ0) is 16.6. The van der Waals surface area contributed by atoms with Crippen molar-refractivity contribution in [1.29, 1.82) is 0 Å². The summed E-state index contributed by atoms with van der Waals surface area (Å²) in [6, 6.07) is 7.34. The molecule has 2 heterocycles. The van der Waals surface area contributed by atoms with Gasteiger partial charge in [-0.05, 0) is 32.9 Å². The lowest BCUT2D eigenvalue weighted by Gasteiger charge is -2.04. The Labute approximate surface area is 143 Å². The zero-order valence-electron chi connectivity index (χ0n) is 12.8. The molecule has 8 heteroatoms. The van der Waals surface area contributed by atoms with Gasteiger partial charge in [-0.15, -0.1) is 10.2 Å². The van der Waals surface area contributed by atoms with Crippen molar-refractivity contribution >= 4 is 29.4 Å². The van der Waals surface area contributed by atoms with Crippen molar-refractivity contribution in [2.24, 2.45) is 5.10 Å². The molecular formula is C15H14Cl2N6. The molecule has 0 saturated heterocycles. The summed E-state index contributed by atoms with van der Waals surface area (Å²) in [4.78, 5) is 0. The predicted octanol–water partition coefficient (Wildman–Crippen LogP) is 3.58. The maximum atomic E-state index is 6.18. The first kappa shape index (κ1) is 15.7. The summed E-state index contributed by atoms with van der Waals surface area (Å²) in [6.07, 6.45) is 1.62. The largest absolute Gasteiger partial charge is 0.273 e. The van der Waals surface area contributed by atoms with E-state index in [2.05, 4.69) is 20.4 Å². The molecule has 0 amide bonds. The summed E-state index contributed by atoms with van der Waals surface area (Å²) in [7, 11) is 0. The molecule has 0 unspecified atom stereocenters. The molecule has 6 nitrogen and oxygen atoms in total. The molecule has 0 bridgehead atoms. The van der Waals surface area contributed by atoms with Crippen molar-refractivity contribution in [1.82, 2.24) is 24.7 Å². The molecule has 0 spiro atoms. The van der Waals surface area contributed by atoms with Crippen LogP contribution in [0.2, 0.25) is 10.0 Å². The Balaban J connectivity index is 2.04. The highest BCUT2D eigenvalue weighted by Crippen LogP contribution is 2.24. The van der Waals surface area contributed by atoms with E-state index in [0.29, 0.717) is 27.4 Å². The molecule has 0 radical (unpaired) electrons. The van der Waals surface area contributed by atoms with Gasteiger partial charge < -0.3 is 0 Å². The zero-order valence-corrected chi connectivity index (χ0v) is 14.3. The van der Waals surface area contributed by atoms with Crippen LogP contribution in [0.5, 0.6) is 0 Å². The van der Waals surface area contributed by atoms with Gasteiger partial charge in [-0.3, -0.25) is 0 Å². The highest BCUT2D eigenvalue weighted by Gasteiger charge is 2.13. The molecule has 0 aliphatic carbocycles. The topological polar surface area (TPSA) is 60.9 Å². The first-order chi connectivity index (χ1) is 11.0. The average molecular weight is 349 g/mol. The maximum absolute atomic E-state index is 6.18. The summed E-state index contributed by atoms with van der Waals surface area (Å²) in [5.41, 5.74) is 2.57. The molecule has 0 aliphatic heterocycles. The van der Waals surface area contributed by atoms with Crippen LogP contribution in [0.1, 0.15) is 22.8 Å². The Morgan fingerprint density at radius 3 is 2.61 bits per heavy atom. The Hall–Kier alpha value is -2.18. The van der Waals surface area contributed by atoms with E-state index in [9.17, 15) is 0 Å². The second-order valence-corrected chi connectivity index (χ2v) is 5.87. The van der Waals surface area contributed by atoms with Gasteiger partial charge in [-0.1, -0.05) is 35.3 Å². The lowest BCUT2D eigenvalue weighted by molar-refractivity contribution is 0.708. The quantitative estimate of drug-likeness (QED) is 0.679. The lowest BCUT2D eigenvalue weighted by Crippen LogP contribution is -2.08. The van der Waals surface area contributed by atoms with E-state index in [4.69, 9.17) is 23.2 Å². The Morgan fingerprint density at radius 1 is 1.13 bits per heavy atom. The minimum absolute atomic E-state index is 0.455. The van der Waals surface area contributed by atoms with Crippen LogP contribution in [0.15, 0.2) is 29.4 Å². The van der Waals surface area contributed by atoms with Gasteiger partial charge in [0.2, 0.25) is 0 Å². The Morgan fingerprint density at radius 2 is 1.91 bits per heavy atom. The molecule has 3 aromatic rings. The molecule has 23 heavy (non-hydrogen) atoms. The number of aromatic nitrogens is 5. The average Bonchev–Trinajstić information content (AvgIpc) is 3.03. The van der Waals surface area contributed by atoms with Gasteiger partial charge in [-0.25, -0.2) is 4.68 Å². The van der Waals surface area contributed by atoms with Gasteiger partial charge in [0.25, 0.3) is 5.95 Å². The predicted molar refractivity (Wildman–Crippen MR) is 90.8 cm³/mol. The van der Waals surface area contributed by atoms with E-state index in [1.54, 1.807) is 21.6 Å². The van der Waals surface area contributed by atoms with Crippen molar-refractivity contribution in [3.63, 3.8) is 0 Å². The molecule has 0 saturated carbocycles. The molecule has 118 valence electrons. The fraction of sp³-hybridized carbons (Fsp3) is 0.200. The minimum atomic E-state index is 0.455. The third kappa shape index (κ3) is 3.00. The monoisotopic (exact) mass is 348 g/mol. The van der Waals surface area contributed by atoms with Crippen LogP contribution in [-0.2, 0) is 0 Å². The van der Waals surface area contributed by atoms with Crippen molar-refractivity contribution in [3.8, 4) is 5.95 Å². The summed E-state index contributed by atoms with van der Waals surface area (Å²) in [6.45, 7) is 5.69. The van der Waals surface area contributed by atoms with Crippen LogP contribution in [-0.4, -0.2) is 30.9 Å².